The van der Waals surface area contributed by atoms with Crippen molar-refractivity contribution in [2.75, 3.05) is 20.0 Å². The van der Waals surface area contributed by atoms with Gasteiger partial charge in [-0.05, 0) is 24.3 Å². The number of benzene rings is 2. The van der Waals surface area contributed by atoms with E-state index in [4.69, 9.17) is 36.3 Å². The van der Waals surface area contributed by atoms with Crippen LogP contribution in [0, 0.1) is 0 Å². The summed E-state index contributed by atoms with van der Waals surface area (Å²) in [6.45, 7) is 0. The number of primary amides is 2. The maximum absolute atomic E-state index is 9.00. The predicted molar refractivity (Wildman–Crippen MR) is 102 cm³/mol. The molecule has 0 aliphatic carbocycles. The van der Waals surface area contributed by atoms with Crippen molar-refractivity contribution >= 4 is 34.2 Å². The Bertz CT molecular complexity index is 963. The Kier molecular flexibility index (Phi) is 6.45. The zero-order chi connectivity index (χ0) is 20.0. The van der Waals surface area contributed by atoms with Crippen LogP contribution < -0.4 is 31.4 Å². The summed E-state index contributed by atoms with van der Waals surface area (Å²) < 4.78 is 16.4. The third-order valence-electron chi connectivity index (χ3n) is 3.27. The van der Waals surface area contributed by atoms with Gasteiger partial charge in [0.25, 0.3) is 0 Å². The Morgan fingerprint density at radius 2 is 1.63 bits per heavy atom. The van der Waals surface area contributed by atoms with E-state index in [9.17, 15) is 0 Å². The molecule has 6 N–H and O–H groups in total. The number of methoxy groups -OCH3 is 2. The summed E-state index contributed by atoms with van der Waals surface area (Å²) >= 11 is 6.14. The Labute approximate surface area is 160 Å². The zero-order valence-corrected chi connectivity index (χ0v) is 15.4. The Balaban J connectivity index is 0.000000596. The van der Waals surface area contributed by atoms with Crippen molar-refractivity contribution in [2.24, 2.45) is 11.5 Å². The van der Waals surface area contributed by atoms with Gasteiger partial charge in [0, 0.05) is 11.8 Å². The van der Waals surface area contributed by atoms with Gasteiger partial charge in [-0.1, -0.05) is 11.6 Å². The fourth-order valence-electron chi connectivity index (χ4n) is 2.14. The van der Waals surface area contributed by atoms with Crippen LogP contribution in [0.15, 0.2) is 36.7 Å². The zero-order valence-electron chi connectivity index (χ0n) is 14.6. The minimum atomic E-state index is -0.833. The molecular formula is C17H18ClN5O4. The second-order valence-corrected chi connectivity index (χ2v) is 5.50. The number of rotatable bonds is 4. The van der Waals surface area contributed by atoms with Crippen LogP contribution in [0.5, 0.6) is 23.1 Å². The minimum Gasteiger partial charge on any atom is -0.493 e. The largest absolute Gasteiger partial charge is 0.493 e. The van der Waals surface area contributed by atoms with E-state index in [1.54, 1.807) is 44.6 Å². The van der Waals surface area contributed by atoms with Crippen molar-refractivity contribution < 1.29 is 19.0 Å². The number of anilines is 1. The normalized spacial score (nSPS) is 9.89. The summed E-state index contributed by atoms with van der Waals surface area (Å²) in [6.07, 6.45) is 1.41. The molecule has 0 aliphatic rings. The molecule has 3 aromatic rings. The first-order valence-corrected chi connectivity index (χ1v) is 7.88. The van der Waals surface area contributed by atoms with Crippen LogP contribution in [-0.4, -0.2) is 30.2 Å². The average molecular weight is 392 g/mol. The van der Waals surface area contributed by atoms with E-state index >= 15 is 0 Å². The number of urea groups is 1. The first-order valence-electron chi connectivity index (χ1n) is 7.50. The Morgan fingerprint density at radius 1 is 1.00 bits per heavy atom. The number of carbonyl (C=O) groups excluding carboxylic acids is 1. The minimum absolute atomic E-state index is 0.364. The van der Waals surface area contributed by atoms with E-state index in [0.29, 0.717) is 44.7 Å². The number of nitrogen functional groups attached to an aromatic ring is 1. The van der Waals surface area contributed by atoms with E-state index < -0.39 is 6.03 Å². The molecule has 0 spiro atoms. The third kappa shape index (κ3) is 5.02. The first kappa shape index (κ1) is 19.9. The second-order valence-electron chi connectivity index (χ2n) is 5.10. The van der Waals surface area contributed by atoms with E-state index in [1.165, 1.54) is 6.33 Å². The van der Waals surface area contributed by atoms with Gasteiger partial charge < -0.3 is 31.4 Å². The number of carbonyl (C=O) groups is 1. The van der Waals surface area contributed by atoms with Crippen molar-refractivity contribution in [1.29, 1.82) is 0 Å². The predicted octanol–water partition coefficient (Wildman–Crippen LogP) is 2.70. The van der Waals surface area contributed by atoms with E-state index in [1.807, 2.05) is 0 Å². The van der Waals surface area contributed by atoms with Crippen molar-refractivity contribution in [3.8, 4) is 23.1 Å². The highest BCUT2D eigenvalue weighted by atomic mass is 35.5. The maximum Gasteiger partial charge on any atom is 0.309 e. The summed E-state index contributed by atoms with van der Waals surface area (Å²) in [7, 11) is 3.13. The van der Waals surface area contributed by atoms with Crippen LogP contribution in [0.25, 0.3) is 10.9 Å². The van der Waals surface area contributed by atoms with Gasteiger partial charge in [-0.3, -0.25) is 0 Å². The fraction of sp³-hybridized carbons (Fsp3) is 0.118. The van der Waals surface area contributed by atoms with Crippen molar-refractivity contribution in [3.63, 3.8) is 0 Å². The molecule has 2 aromatic carbocycles. The number of fused-ring (bicyclic) bond motifs is 1. The molecular weight excluding hydrogens is 374 g/mol. The van der Waals surface area contributed by atoms with Gasteiger partial charge in [0.05, 0.1) is 30.1 Å². The molecule has 1 heterocycles. The van der Waals surface area contributed by atoms with Gasteiger partial charge in [0.1, 0.15) is 12.1 Å². The molecule has 9 nitrogen and oxygen atoms in total. The topological polar surface area (TPSA) is 149 Å². The van der Waals surface area contributed by atoms with Crippen LogP contribution in [0.4, 0.5) is 10.5 Å². The highest BCUT2D eigenvalue weighted by molar-refractivity contribution is 6.32. The number of amides is 2. The summed E-state index contributed by atoms with van der Waals surface area (Å²) in [4.78, 5) is 17.4. The first-order chi connectivity index (χ1) is 12.8. The molecule has 0 aliphatic heterocycles. The summed E-state index contributed by atoms with van der Waals surface area (Å²) in [5, 5.41) is 1.08. The number of halogens is 1. The molecule has 0 bridgehead atoms. The highest BCUT2D eigenvalue weighted by Gasteiger charge is 2.13. The molecule has 10 heteroatoms. The average Bonchev–Trinajstić information content (AvgIpc) is 2.62. The van der Waals surface area contributed by atoms with Crippen molar-refractivity contribution in [3.05, 3.63) is 41.7 Å². The third-order valence-corrected chi connectivity index (χ3v) is 3.56. The van der Waals surface area contributed by atoms with Crippen LogP contribution in [0.3, 0.4) is 0 Å². The lowest BCUT2D eigenvalue weighted by molar-refractivity contribution is 0.256. The van der Waals surface area contributed by atoms with Gasteiger partial charge >= 0.3 is 6.03 Å². The lowest BCUT2D eigenvalue weighted by Crippen LogP contribution is -2.18. The molecule has 142 valence electrons. The number of hydrogen-bond acceptors (Lipinski definition) is 7. The van der Waals surface area contributed by atoms with Gasteiger partial charge in [0.15, 0.2) is 11.5 Å². The summed E-state index contributed by atoms with van der Waals surface area (Å²) in [5.41, 5.74) is 15.4. The molecule has 2 amide bonds. The lowest BCUT2D eigenvalue weighted by atomic mass is 10.2. The molecule has 0 unspecified atom stereocenters. The fourth-order valence-corrected chi connectivity index (χ4v) is 2.37. The van der Waals surface area contributed by atoms with Gasteiger partial charge in [-0.25, -0.2) is 14.8 Å². The molecule has 0 saturated carbocycles. The van der Waals surface area contributed by atoms with E-state index in [0.717, 1.165) is 0 Å². The van der Waals surface area contributed by atoms with Crippen LogP contribution in [-0.2, 0) is 0 Å². The Hall–Kier alpha value is -3.46. The summed E-state index contributed by atoms with van der Waals surface area (Å²) in [5.74, 6) is 1.96. The molecule has 3 rings (SSSR count). The van der Waals surface area contributed by atoms with Crippen LogP contribution >= 0.6 is 11.6 Å². The van der Waals surface area contributed by atoms with Crippen LogP contribution in [0.1, 0.15) is 0 Å². The number of ether oxygens (including phenoxy) is 3. The second kappa shape index (κ2) is 8.77. The number of nitrogens with zero attached hydrogens (tertiary/aromatic N) is 2. The monoisotopic (exact) mass is 391 g/mol. The lowest BCUT2D eigenvalue weighted by Gasteiger charge is -2.12. The molecule has 0 atom stereocenters. The SMILES string of the molecule is COc1cc2ncnc(Oc3ccc(N)cc3Cl)c2cc1OC.NC(N)=O. The van der Waals surface area contributed by atoms with Gasteiger partial charge in [-0.15, -0.1) is 0 Å². The number of hydrogen-bond donors (Lipinski definition) is 3. The van der Waals surface area contributed by atoms with E-state index in [2.05, 4.69) is 21.4 Å². The molecule has 1 aromatic heterocycles. The van der Waals surface area contributed by atoms with E-state index in [-0.39, 0.29) is 0 Å². The standard InChI is InChI=1S/C16H14ClN3O3.CH4N2O/c1-21-14-6-10-12(7-15(14)22-2)19-8-20-16(10)23-13-4-3-9(18)5-11(13)17;2-1(3)4/h3-8H,18H2,1-2H3;(H4,2,3,4). The summed E-state index contributed by atoms with van der Waals surface area (Å²) in [6, 6.07) is 7.69. The smallest absolute Gasteiger partial charge is 0.309 e. The van der Waals surface area contributed by atoms with Crippen LogP contribution in [0.2, 0.25) is 5.02 Å². The van der Waals surface area contributed by atoms with Crippen molar-refractivity contribution in [1.82, 2.24) is 9.97 Å². The van der Waals surface area contributed by atoms with Gasteiger partial charge in [0.2, 0.25) is 5.88 Å². The quantitative estimate of drug-likeness (QED) is 0.578. The molecule has 27 heavy (non-hydrogen) atoms. The number of aromatic nitrogens is 2. The number of nitrogens with two attached hydrogens (primary N) is 3. The molecule has 0 radical (unpaired) electrons. The van der Waals surface area contributed by atoms with Crippen molar-refractivity contribution in [2.45, 2.75) is 0 Å². The maximum atomic E-state index is 9.00. The van der Waals surface area contributed by atoms with Gasteiger partial charge in [-0.2, -0.15) is 0 Å². The molecule has 0 fully saturated rings. The Morgan fingerprint density at radius 3 is 2.22 bits per heavy atom. The molecule has 0 saturated heterocycles. The highest BCUT2D eigenvalue weighted by Crippen LogP contribution is 2.37.